The maximum absolute atomic E-state index is 12.6. The number of H-pyrrole nitrogens is 2. The molecule has 0 spiro atoms. The van der Waals surface area contributed by atoms with Crippen molar-refractivity contribution in [3.8, 4) is 22.5 Å². The van der Waals surface area contributed by atoms with E-state index >= 15 is 0 Å². The van der Waals surface area contributed by atoms with Crippen molar-refractivity contribution in [1.82, 2.24) is 45.7 Å². The lowest BCUT2D eigenvalue weighted by atomic mass is 10.1. The normalized spacial score (nSPS) is 16.3. The summed E-state index contributed by atoms with van der Waals surface area (Å²) >= 11 is 31.3. The predicted octanol–water partition coefficient (Wildman–Crippen LogP) is 18.0. The van der Waals surface area contributed by atoms with Gasteiger partial charge in [-0.3, -0.25) is 29.1 Å². The van der Waals surface area contributed by atoms with E-state index in [1.807, 2.05) is 132 Å². The molecule has 4 aliphatic heterocycles. The second kappa shape index (κ2) is 50.6. The van der Waals surface area contributed by atoms with Crippen LogP contribution < -0.4 is 6.15 Å². The molecule has 6 heterocycles. The first-order chi connectivity index (χ1) is 52.3. The number of hydrogen-bond acceptors (Lipinski definition) is 23. The number of alkyl halides is 3. The van der Waals surface area contributed by atoms with Crippen molar-refractivity contribution >= 4 is 202 Å². The van der Waals surface area contributed by atoms with Gasteiger partial charge < -0.3 is 49.8 Å². The van der Waals surface area contributed by atoms with E-state index in [1.54, 1.807) is 106 Å². The van der Waals surface area contributed by atoms with Gasteiger partial charge >= 0.3 is 36.5 Å². The Morgan fingerprint density at radius 1 is 0.531 bits per heavy atom. The van der Waals surface area contributed by atoms with Gasteiger partial charge in [0.15, 0.2) is 28.0 Å². The van der Waals surface area contributed by atoms with Crippen LogP contribution in [0.5, 0.6) is 0 Å². The number of sulfone groups is 1. The molecule has 0 aliphatic carbocycles. The third-order valence-corrected chi connectivity index (χ3v) is 21.7. The summed E-state index contributed by atoms with van der Waals surface area (Å²) < 4.78 is 55.0. The molecule has 4 aliphatic rings. The number of imidazole rings is 2. The van der Waals surface area contributed by atoms with Crippen molar-refractivity contribution in [2.75, 3.05) is 96.0 Å². The summed E-state index contributed by atoms with van der Waals surface area (Å²) in [5, 5.41) is 7.99. The van der Waals surface area contributed by atoms with Gasteiger partial charge in [0.25, 0.3) is 5.97 Å². The molecule has 4 aromatic carbocycles. The van der Waals surface area contributed by atoms with Gasteiger partial charge in [-0.05, 0) is 143 Å². The number of nitrogens with one attached hydrogen (secondary N) is 2. The number of esters is 1. The highest BCUT2D eigenvalue weighted by molar-refractivity contribution is 9.11. The van der Waals surface area contributed by atoms with Crippen LogP contribution in [0.1, 0.15) is 134 Å². The van der Waals surface area contributed by atoms with Gasteiger partial charge in [0.1, 0.15) is 52.2 Å². The van der Waals surface area contributed by atoms with Gasteiger partial charge in [0.2, 0.25) is 0 Å². The molecule has 6 aromatic rings. The average molecular weight is 2010 g/mol. The van der Waals surface area contributed by atoms with Gasteiger partial charge in [0.05, 0.1) is 46.0 Å². The van der Waals surface area contributed by atoms with Crippen molar-refractivity contribution < 1.29 is 85.2 Å². The van der Waals surface area contributed by atoms with E-state index in [9.17, 15) is 42.0 Å². The zero-order chi connectivity index (χ0) is 84.3. The van der Waals surface area contributed by atoms with Crippen LogP contribution in [0.4, 0.5) is 19.2 Å². The molecule has 4 fully saturated rings. The first-order valence-corrected chi connectivity index (χ1v) is 45.1. The highest BCUT2D eigenvalue weighted by Gasteiger charge is 2.40. The summed E-state index contributed by atoms with van der Waals surface area (Å²) in [6.45, 7) is 25.5. The monoisotopic (exact) mass is 2010 g/mol. The zero-order valence-electron chi connectivity index (χ0n) is 65.0. The number of hydrogen-bond donors (Lipinski definition) is 4. The highest BCUT2D eigenvalue weighted by atomic mass is 79.9. The number of Topliss-reactive ketones (excluding diaryl/α,β-unsaturated/α-hetero) is 2. The molecule has 113 heavy (non-hydrogen) atoms. The molecule has 4 amide bonds. The minimum Gasteiger partial charge on any atom is -0.481 e. The minimum atomic E-state index is -3.27. The maximum Gasteiger partial charge on any atom is 0.411 e. The Bertz CT molecular complexity index is 4130. The van der Waals surface area contributed by atoms with Gasteiger partial charge in [-0.2, -0.15) is 44.9 Å². The third kappa shape index (κ3) is 40.6. The van der Waals surface area contributed by atoms with E-state index in [0.29, 0.717) is 35.6 Å². The molecule has 10 rings (SSSR count). The summed E-state index contributed by atoms with van der Waals surface area (Å²) in [7, 11) is -3.27. The lowest BCUT2D eigenvalue weighted by molar-refractivity contribution is -0.191. The molecule has 0 saturated carbocycles. The first-order valence-electron chi connectivity index (χ1n) is 34.5. The molecule has 4 saturated heterocycles. The number of ketones is 2. The number of carboxylic acid groups (broad SMARTS) is 1. The van der Waals surface area contributed by atoms with Crippen LogP contribution in [0, 0.1) is 0 Å². The van der Waals surface area contributed by atoms with Gasteiger partial charge in [-0.25, -0.2) is 42.4 Å². The van der Waals surface area contributed by atoms with Crippen LogP contribution in [0.25, 0.3) is 22.5 Å². The topological polar surface area (TPSA) is 377 Å². The fourth-order valence-electron chi connectivity index (χ4n) is 9.58. The van der Waals surface area contributed by atoms with Crippen LogP contribution in [0.15, 0.2) is 127 Å². The number of aromatic nitrogens is 4. The molecule has 624 valence electrons. The number of halogens is 7. The minimum absolute atomic E-state index is 0. The van der Waals surface area contributed by atoms with Gasteiger partial charge in [-0.15, -0.1) is 23.2 Å². The van der Waals surface area contributed by atoms with Crippen molar-refractivity contribution in [3.05, 3.63) is 150 Å². The maximum atomic E-state index is 12.6. The summed E-state index contributed by atoms with van der Waals surface area (Å²) in [6, 6.07) is 28.3. The second-order valence-electron chi connectivity index (χ2n) is 28.1. The van der Waals surface area contributed by atoms with Gasteiger partial charge in [-0.1, -0.05) is 128 Å². The summed E-state index contributed by atoms with van der Waals surface area (Å²) in [5.74, 6) is 4.29. The van der Waals surface area contributed by atoms with Crippen molar-refractivity contribution in [2.45, 2.75) is 131 Å². The number of thioether (sulfide) groups is 3. The number of carbonyl (C=O) groups excluding carboxylic acids is 9. The smallest absolute Gasteiger partial charge is 0.411 e. The number of aromatic amines is 2. The first kappa shape index (κ1) is 103. The largest absolute Gasteiger partial charge is 0.481 e. The van der Waals surface area contributed by atoms with E-state index in [-0.39, 0.29) is 77.7 Å². The number of benzene rings is 4. The fraction of sp³-hybridized carbons (Fsp3) is 0.480. The molecule has 0 radical (unpaired) electrons. The standard InChI is InChI=1S/C18H22BrN3O4S.C18H22BrN3O2S.C18H22BrNO5S.C9H17NO2S.C8H6Br2O.C2H4O2.CH2Cl2.CO2.H3N/c1-18(2,3)26-17(23)22-8-9-27(24,25)11-15(22)16-20-10-14(21-16)12-4-6-13(19)7-5-12;1-18(2,3)24-17(23)22-8-9-25-11-15(22)16-20-10-14(21-16)12-4-6-13(19)7-5-12;1-18(2,3)25-17(23)20-8-9-26-11-14(20)16(22)24-10-15(21)12-4-6-13(19)7-5-12;1-9(2,3)12-8(11)10-4-6-13-7-5-10;9-5-8(11)6-1-3-7(10)4-2-6;1-2(3)4;2*2-1-3;/h4-7,10,15H,8-9,11H2,1-3H3,(H,20,21);4-7,10,15H,8-9,11H2,1-3H3,(H,20,21);4-7,14H,8-11H2,1-3H3;4-7H2,1-3H3;1-4H,5H2;1H3,(H,3,4);1H2;;1H3/t2*15-;;;;;;;/m00......./s1. The Morgan fingerprint density at radius 3 is 1.27 bits per heavy atom. The predicted molar refractivity (Wildman–Crippen MR) is 462 cm³/mol. The second-order valence-corrected chi connectivity index (χ2v) is 38.9. The van der Waals surface area contributed by atoms with Crippen molar-refractivity contribution in [2.24, 2.45) is 0 Å². The van der Waals surface area contributed by atoms with E-state index in [4.69, 9.17) is 66.4 Å². The van der Waals surface area contributed by atoms with Gasteiger partial charge in [0, 0.05) is 103 Å². The lowest BCUT2D eigenvalue weighted by Crippen LogP contribution is -2.52. The average Bonchev–Trinajstić information content (AvgIpc) is 1.79. The van der Waals surface area contributed by atoms with Crippen LogP contribution >= 0.6 is 138 Å². The molecular weight excluding hydrogens is 1910 g/mol. The molecule has 2 aromatic heterocycles. The van der Waals surface area contributed by atoms with E-state index < -0.39 is 62.8 Å². The Morgan fingerprint density at radius 2 is 0.867 bits per heavy atom. The van der Waals surface area contributed by atoms with E-state index in [2.05, 4.69) is 99.6 Å². The summed E-state index contributed by atoms with van der Waals surface area (Å²) in [5.41, 5.74) is 2.70. The summed E-state index contributed by atoms with van der Waals surface area (Å²) in [4.78, 5) is 132. The third-order valence-electron chi connectivity index (χ3n) is 14.4. The molecule has 1 unspecified atom stereocenters. The number of carboxylic acids is 1. The number of amides is 4. The molecule has 38 heteroatoms. The molecule has 3 atom stereocenters. The Labute approximate surface area is 725 Å². The highest BCUT2D eigenvalue weighted by Crippen LogP contribution is 2.33. The quantitative estimate of drug-likeness (QED) is 0.0428. The van der Waals surface area contributed by atoms with Crippen LogP contribution in [0.3, 0.4) is 0 Å². The van der Waals surface area contributed by atoms with Crippen LogP contribution in [-0.4, -0.2) is 232 Å². The van der Waals surface area contributed by atoms with E-state index in [0.717, 1.165) is 101 Å². The molecule has 0 bridgehead atoms. The number of aliphatic carboxylic acids is 1. The molecule has 27 nitrogen and oxygen atoms in total. The van der Waals surface area contributed by atoms with Crippen LogP contribution in [0.2, 0.25) is 0 Å². The number of nitrogens with zero attached hydrogens (tertiary/aromatic N) is 6. The number of carbonyl (C=O) groups is 8. The molecule has 6 N–H and O–H groups in total. The van der Waals surface area contributed by atoms with Crippen LogP contribution in [-0.2, 0) is 52.7 Å². The van der Waals surface area contributed by atoms with E-state index in [1.165, 1.54) is 9.80 Å². The lowest BCUT2D eigenvalue weighted by Gasteiger charge is -2.35. The number of ether oxygens (including phenoxy) is 5. The SMILES string of the molecule is CC(=O)O.CC(C)(C)OC(=O)N1CCS(=O)(=O)C[C@H]1c1ncc(-c2ccc(Br)cc2)[nH]1.CC(C)(C)OC(=O)N1CCSCC1.CC(C)(C)OC(=O)N1CCSCC1C(=O)OCC(=O)c1ccc(Br)cc1.CC(C)(C)OC(=O)N1CCSC[C@H]1c1ncc(-c2ccc(Br)cc2)[nH]1.ClCCl.N.O=C(CBr)c1ccc(Br)cc1.O=C=O. The van der Waals surface area contributed by atoms with Crippen molar-refractivity contribution in [3.63, 3.8) is 0 Å². The zero-order valence-corrected chi connectivity index (χ0v) is 77.7. The number of rotatable bonds is 10. The molecular formula is C75H98Br5Cl2N9O18S4. The Hall–Kier alpha value is -6.02. The summed E-state index contributed by atoms with van der Waals surface area (Å²) in [6.07, 6.45) is 2.19. The Kier molecular flexibility index (Phi) is 46.1. The fourth-order valence-corrected chi connectivity index (χ4v) is 15.4. The Balaban J connectivity index is 0.000000477. The van der Waals surface area contributed by atoms with Crippen molar-refractivity contribution in [1.29, 1.82) is 0 Å².